The minimum atomic E-state index is -1.02. The molecular formula is C22H25NO4. The zero-order valence-corrected chi connectivity index (χ0v) is 16.0. The fraction of sp³-hybridized carbons (Fsp3) is 0.364. The molecule has 5 heteroatoms. The average Bonchev–Trinajstić information content (AvgIpc) is 3.10. The van der Waals surface area contributed by atoms with Crippen LogP contribution in [-0.2, 0) is 4.79 Å². The maximum Gasteiger partial charge on any atom is 0.341 e. The van der Waals surface area contributed by atoms with Crippen LogP contribution in [0.4, 0.5) is 0 Å². The van der Waals surface area contributed by atoms with Crippen LogP contribution >= 0.6 is 0 Å². The molecule has 1 heterocycles. The van der Waals surface area contributed by atoms with Crippen molar-refractivity contribution in [3.8, 4) is 5.75 Å². The van der Waals surface area contributed by atoms with Crippen molar-refractivity contribution in [2.75, 3.05) is 19.7 Å². The topological polar surface area (TPSA) is 66.8 Å². The molecule has 1 N–H and O–H groups in total. The number of nitrogens with zero attached hydrogens (tertiary/aromatic N) is 1. The van der Waals surface area contributed by atoms with Crippen molar-refractivity contribution in [3.63, 3.8) is 0 Å². The largest absolute Gasteiger partial charge is 0.481 e. The number of carboxylic acids is 1. The van der Waals surface area contributed by atoms with E-state index in [4.69, 9.17) is 9.84 Å². The predicted molar refractivity (Wildman–Crippen MR) is 103 cm³/mol. The summed E-state index contributed by atoms with van der Waals surface area (Å²) < 4.78 is 5.35. The second kappa shape index (κ2) is 7.82. The van der Waals surface area contributed by atoms with Crippen LogP contribution in [-0.4, -0.2) is 41.6 Å². The van der Waals surface area contributed by atoms with E-state index in [1.165, 1.54) is 11.1 Å². The number of carbonyl (C=O) groups excluding carboxylic acids is 1. The van der Waals surface area contributed by atoms with E-state index in [0.29, 0.717) is 17.2 Å². The van der Waals surface area contributed by atoms with Gasteiger partial charge < -0.3 is 14.7 Å². The van der Waals surface area contributed by atoms with Crippen LogP contribution in [0.3, 0.4) is 0 Å². The van der Waals surface area contributed by atoms with Gasteiger partial charge in [0.25, 0.3) is 5.91 Å². The van der Waals surface area contributed by atoms with Gasteiger partial charge in [-0.25, -0.2) is 4.79 Å². The highest BCUT2D eigenvalue weighted by Gasteiger charge is 2.29. The van der Waals surface area contributed by atoms with Crippen LogP contribution in [0.1, 0.15) is 45.0 Å². The van der Waals surface area contributed by atoms with E-state index in [-0.39, 0.29) is 12.5 Å². The molecule has 0 saturated carbocycles. The van der Waals surface area contributed by atoms with Crippen LogP contribution in [0.5, 0.6) is 5.75 Å². The van der Waals surface area contributed by atoms with Gasteiger partial charge in [0, 0.05) is 24.6 Å². The first-order chi connectivity index (χ1) is 12.9. The number of rotatable bonds is 5. The molecule has 0 bridgehead atoms. The second-order valence-corrected chi connectivity index (χ2v) is 7.21. The van der Waals surface area contributed by atoms with Crippen molar-refractivity contribution in [1.29, 1.82) is 0 Å². The Balaban J connectivity index is 1.75. The molecule has 27 heavy (non-hydrogen) atoms. The lowest BCUT2D eigenvalue weighted by atomic mass is 9.94. The lowest BCUT2D eigenvalue weighted by Gasteiger charge is -2.19. The molecule has 1 fully saturated rings. The molecule has 0 spiro atoms. The number of aliphatic carboxylic acids is 1. The minimum absolute atomic E-state index is 0.0158. The number of ether oxygens (including phenoxy) is 1. The van der Waals surface area contributed by atoms with Gasteiger partial charge in [0.1, 0.15) is 5.75 Å². The molecule has 1 aliphatic rings. The quantitative estimate of drug-likeness (QED) is 0.875. The molecule has 0 aliphatic carbocycles. The second-order valence-electron chi connectivity index (χ2n) is 7.21. The molecule has 1 unspecified atom stereocenters. The van der Waals surface area contributed by atoms with E-state index in [0.717, 1.165) is 30.6 Å². The summed E-state index contributed by atoms with van der Waals surface area (Å²) in [6.45, 7) is 6.86. The number of aryl methyl sites for hydroxylation is 3. The van der Waals surface area contributed by atoms with Gasteiger partial charge in [0.2, 0.25) is 0 Å². The monoisotopic (exact) mass is 367 g/mol. The maximum atomic E-state index is 13.0. The molecule has 0 aromatic heterocycles. The van der Waals surface area contributed by atoms with E-state index >= 15 is 0 Å². The number of carbonyl (C=O) groups is 2. The van der Waals surface area contributed by atoms with E-state index < -0.39 is 5.97 Å². The lowest BCUT2D eigenvalue weighted by Crippen LogP contribution is -2.28. The van der Waals surface area contributed by atoms with Crippen LogP contribution < -0.4 is 4.74 Å². The molecule has 1 aliphatic heterocycles. The number of hydrogen-bond acceptors (Lipinski definition) is 3. The van der Waals surface area contributed by atoms with Gasteiger partial charge >= 0.3 is 5.97 Å². The Hall–Kier alpha value is -2.82. The summed E-state index contributed by atoms with van der Waals surface area (Å²) in [6.07, 6.45) is 0.967. The fourth-order valence-corrected chi connectivity index (χ4v) is 3.86. The van der Waals surface area contributed by atoms with Gasteiger partial charge in [0.15, 0.2) is 6.61 Å². The van der Waals surface area contributed by atoms with Crippen LogP contribution in [0.2, 0.25) is 0 Å². The Morgan fingerprint density at radius 2 is 1.78 bits per heavy atom. The molecule has 5 nitrogen and oxygen atoms in total. The van der Waals surface area contributed by atoms with Crippen LogP contribution in [0, 0.1) is 20.8 Å². The molecular weight excluding hydrogens is 342 g/mol. The molecule has 3 rings (SSSR count). The van der Waals surface area contributed by atoms with E-state index in [1.54, 1.807) is 12.1 Å². The molecule has 2 aromatic rings. The highest BCUT2D eigenvalue weighted by molar-refractivity contribution is 5.95. The summed E-state index contributed by atoms with van der Waals surface area (Å²) in [5, 5.41) is 8.80. The van der Waals surface area contributed by atoms with Gasteiger partial charge in [-0.3, -0.25) is 4.79 Å². The zero-order chi connectivity index (χ0) is 19.6. The molecule has 0 radical (unpaired) electrons. The first kappa shape index (κ1) is 19.0. The smallest absolute Gasteiger partial charge is 0.341 e. The summed E-state index contributed by atoms with van der Waals surface area (Å²) >= 11 is 0. The summed E-state index contributed by atoms with van der Waals surface area (Å²) in [6, 6.07) is 11.9. The summed E-state index contributed by atoms with van der Waals surface area (Å²) in [7, 11) is 0. The number of benzene rings is 2. The Morgan fingerprint density at radius 1 is 1.11 bits per heavy atom. The average molecular weight is 367 g/mol. The van der Waals surface area contributed by atoms with E-state index in [1.807, 2.05) is 24.8 Å². The van der Waals surface area contributed by atoms with Crippen LogP contribution in [0.25, 0.3) is 0 Å². The SMILES string of the molecule is Cc1ccccc1C1CCN(C(=O)c2cc(C)c(OCC(=O)O)c(C)c2)C1. The standard InChI is InChI=1S/C22H25NO4/c1-14-6-4-5-7-19(14)17-8-9-23(12-17)22(26)18-10-15(2)21(16(3)11-18)27-13-20(24)25/h4-7,10-11,17H,8-9,12-13H2,1-3H3,(H,24,25). The number of carboxylic acid groups (broad SMARTS) is 1. The zero-order valence-electron chi connectivity index (χ0n) is 16.0. The number of amides is 1. The first-order valence-electron chi connectivity index (χ1n) is 9.17. The summed E-state index contributed by atoms with van der Waals surface area (Å²) in [5.41, 5.74) is 4.75. The third-order valence-corrected chi connectivity index (χ3v) is 5.15. The summed E-state index contributed by atoms with van der Waals surface area (Å²) in [5.74, 6) is -0.0981. The Kier molecular flexibility index (Phi) is 5.49. The maximum absolute atomic E-state index is 13.0. The lowest BCUT2D eigenvalue weighted by molar-refractivity contribution is -0.139. The van der Waals surface area contributed by atoms with Crippen molar-refractivity contribution < 1.29 is 19.4 Å². The first-order valence-corrected chi connectivity index (χ1v) is 9.17. The third-order valence-electron chi connectivity index (χ3n) is 5.15. The Bertz CT molecular complexity index is 851. The van der Waals surface area contributed by atoms with Gasteiger partial charge in [-0.1, -0.05) is 24.3 Å². The highest BCUT2D eigenvalue weighted by Crippen LogP contribution is 2.31. The highest BCUT2D eigenvalue weighted by atomic mass is 16.5. The Morgan fingerprint density at radius 3 is 2.41 bits per heavy atom. The Labute approximate surface area is 159 Å². The van der Waals surface area contributed by atoms with Crippen LogP contribution in [0.15, 0.2) is 36.4 Å². The molecule has 1 atom stereocenters. The number of likely N-dealkylation sites (tertiary alicyclic amines) is 1. The number of hydrogen-bond donors (Lipinski definition) is 1. The predicted octanol–water partition coefficient (Wildman–Crippen LogP) is 3.70. The van der Waals surface area contributed by atoms with Gasteiger partial charge in [-0.2, -0.15) is 0 Å². The minimum Gasteiger partial charge on any atom is -0.481 e. The van der Waals surface area contributed by atoms with Crippen molar-refractivity contribution in [3.05, 3.63) is 64.2 Å². The van der Waals surface area contributed by atoms with Crippen molar-refractivity contribution in [2.45, 2.75) is 33.1 Å². The fourth-order valence-electron chi connectivity index (χ4n) is 3.86. The molecule has 142 valence electrons. The van der Waals surface area contributed by atoms with Crippen molar-refractivity contribution >= 4 is 11.9 Å². The van der Waals surface area contributed by atoms with E-state index in [9.17, 15) is 9.59 Å². The summed E-state index contributed by atoms with van der Waals surface area (Å²) in [4.78, 5) is 25.6. The van der Waals surface area contributed by atoms with Gasteiger partial charge in [-0.05, 0) is 61.6 Å². The van der Waals surface area contributed by atoms with E-state index in [2.05, 4.69) is 25.1 Å². The van der Waals surface area contributed by atoms with Gasteiger partial charge in [-0.15, -0.1) is 0 Å². The third kappa shape index (κ3) is 4.13. The van der Waals surface area contributed by atoms with Gasteiger partial charge in [0.05, 0.1) is 0 Å². The van der Waals surface area contributed by atoms with Crippen molar-refractivity contribution in [2.24, 2.45) is 0 Å². The molecule has 1 saturated heterocycles. The normalized spacial score (nSPS) is 16.4. The molecule has 1 amide bonds. The molecule has 2 aromatic carbocycles. The van der Waals surface area contributed by atoms with Crippen molar-refractivity contribution in [1.82, 2.24) is 4.90 Å².